The Morgan fingerprint density at radius 1 is 1.59 bits per heavy atom. The molecule has 1 aliphatic carbocycles. The predicted octanol–water partition coefficient (Wildman–Crippen LogP) is 3.88. The van der Waals surface area contributed by atoms with Crippen LogP contribution in [0.25, 0.3) is 0 Å². The highest BCUT2D eigenvalue weighted by Gasteiger charge is 2.44. The van der Waals surface area contributed by atoms with E-state index in [1.54, 1.807) is 0 Å². The van der Waals surface area contributed by atoms with Crippen LogP contribution in [0.3, 0.4) is 0 Å². The summed E-state index contributed by atoms with van der Waals surface area (Å²) in [5.41, 5.74) is 2.43. The molecule has 0 amide bonds. The van der Waals surface area contributed by atoms with Crippen LogP contribution < -0.4 is 0 Å². The van der Waals surface area contributed by atoms with Gasteiger partial charge in [0.2, 0.25) is 0 Å². The Bertz CT molecular complexity index is 354. The summed E-state index contributed by atoms with van der Waals surface area (Å²) in [6.45, 7) is 14.0. The molecule has 3 unspecified atom stereocenters. The van der Waals surface area contributed by atoms with E-state index in [2.05, 4.69) is 26.5 Å². The molecule has 2 heteroatoms. The minimum absolute atomic E-state index is 0.106. The van der Waals surface area contributed by atoms with E-state index < -0.39 is 0 Å². The molecule has 0 heterocycles. The quantitative estimate of drug-likeness (QED) is 0.549. The van der Waals surface area contributed by atoms with Gasteiger partial charge in [-0.05, 0) is 39.5 Å². The molecule has 0 saturated carbocycles. The van der Waals surface area contributed by atoms with Crippen molar-refractivity contribution >= 4 is 5.97 Å². The average molecular weight is 236 g/mol. The molecule has 3 atom stereocenters. The van der Waals surface area contributed by atoms with Crippen molar-refractivity contribution in [3.05, 3.63) is 23.8 Å². The zero-order valence-corrected chi connectivity index (χ0v) is 11.7. The minimum atomic E-state index is -0.211. The maximum atomic E-state index is 11.2. The van der Waals surface area contributed by atoms with Crippen molar-refractivity contribution in [1.82, 2.24) is 0 Å². The van der Waals surface area contributed by atoms with Crippen molar-refractivity contribution in [3.8, 4) is 0 Å². The number of carbonyl (C=O) groups is 1. The molecule has 17 heavy (non-hydrogen) atoms. The summed E-state index contributed by atoms with van der Waals surface area (Å²) >= 11 is 0. The number of carbonyl (C=O) groups excluding carboxylic acids is 1. The predicted molar refractivity (Wildman–Crippen MR) is 70.6 cm³/mol. The lowest BCUT2D eigenvalue weighted by atomic mass is 9.62. The number of hydrogen-bond donors (Lipinski definition) is 0. The van der Waals surface area contributed by atoms with E-state index in [9.17, 15) is 4.79 Å². The Labute approximate surface area is 105 Å². The van der Waals surface area contributed by atoms with E-state index in [-0.39, 0.29) is 17.5 Å². The molecule has 0 aromatic rings. The van der Waals surface area contributed by atoms with Gasteiger partial charge in [-0.3, -0.25) is 4.79 Å². The van der Waals surface area contributed by atoms with Gasteiger partial charge in [-0.2, -0.15) is 0 Å². The summed E-state index contributed by atoms with van der Waals surface area (Å²) in [7, 11) is 0. The molecule has 0 N–H and O–H groups in total. The third kappa shape index (κ3) is 2.62. The molecule has 0 aromatic carbocycles. The Morgan fingerprint density at radius 3 is 2.59 bits per heavy atom. The summed E-state index contributed by atoms with van der Waals surface area (Å²) in [4.78, 5) is 11.2. The SMILES string of the molecule is C=C(C)C1(C(C)OC(C)=O)CCC(C)=CC1C. The zero-order chi connectivity index (χ0) is 13.2. The monoisotopic (exact) mass is 236 g/mol. The van der Waals surface area contributed by atoms with Crippen molar-refractivity contribution in [2.24, 2.45) is 11.3 Å². The lowest BCUT2D eigenvalue weighted by molar-refractivity contribution is -0.152. The number of ether oxygens (including phenoxy) is 1. The highest BCUT2D eigenvalue weighted by molar-refractivity contribution is 5.66. The molecule has 1 rings (SSSR count). The molecular formula is C15H24O2. The van der Waals surface area contributed by atoms with E-state index in [1.807, 2.05) is 13.8 Å². The van der Waals surface area contributed by atoms with Gasteiger partial charge in [0.1, 0.15) is 6.10 Å². The van der Waals surface area contributed by atoms with Crippen LogP contribution in [-0.4, -0.2) is 12.1 Å². The number of rotatable bonds is 3. The maximum Gasteiger partial charge on any atom is 0.302 e. The highest BCUT2D eigenvalue weighted by Crippen LogP contribution is 2.48. The summed E-state index contributed by atoms with van der Waals surface area (Å²) in [5.74, 6) is 0.152. The standard InChI is InChI=1S/C15H24O2/c1-10(2)15(13(5)17-14(6)16)8-7-11(3)9-12(15)4/h9,12-13H,1,7-8H2,2-6H3. The van der Waals surface area contributed by atoms with Crippen molar-refractivity contribution in [3.63, 3.8) is 0 Å². The lowest BCUT2D eigenvalue weighted by Crippen LogP contribution is -2.43. The number of hydrogen-bond acceptors (Lipinski definition) is 2. The smallest absolute Gasteiger partial charge is 0.302 e. The third-order valence-electron chi connectivity index (χ3n) is 4.14. The van der Waals surface area contributed by atoms with E-state index in [0.717, 1.165) is 18.4 Å². The normalized spacial score (nSPS) is 30.4. The Morgan fingerprint density at radius 2 is 2.18 bits per heavy atom. The largest absolute Gasteiger partial charge is 0.462 e. The fourth-order valence-electron chi connectivity index (χ4n) is 3.17. The molecule has 1 aliphatic rings. The second-order valence-corrected chi connectivity index (χ2v) is 5.37. The molecule has 0 aromatic heterocycles. The minimum Gasteiger partial charge on any atom is -0.462 e. The third-order valence-corrected chi connectivity index (χ3v) is 4.14. The molecule has 0 bridgehead atoms. The summed E-state index contributed by atoms with van der Waals surface area (Å²) in [5, 5.41) is 0. The highest BCUT2D eigenvalue weighted by atomic mass is 16.5. The fraction of sp³-hybridized carbons (Fsp3) is 0.667. The summed E-state index contributed by atoms with van der Waals surface area (Å²) in [6, 6.07) is 0. The van der Waals surface area contributed by atoms with Gasteiger partial charge in [-0.1, -0.05) is 30.7 Å². The second kappa shape index (κ2) is 5.07. The molecule has 0 saturated heterocycles. The van der Waals surface area contributed by atoms with Gasteiger partial charge in [-0.15, -0.1) is 0 Å². The van der Waals surface area contributed by atoms with Gasteiger partial charge in [0.25, 0.3) is 0 Å². The number of allylic oxidation sites excluding steroid dienone is 2. The van der Waals surface area contributed by atoms with Crippen molar-refractivity contribution in [2.45, 2.75) is 53.6 Å². The van der Waals surface area contributed by atoms with E-state index in [1.165, 1.54) is 12.5 Å². The van der Waals surface area contributed by atoms with Crippen LogP contribution in [0.15, 0.2) is 23.8 Å². The summed E-state index contributed by atoms with van der Waals surface area (Å²) in [6.07, 6.45) is 4.25. The zero-order valence-electron chi connectivity index (χ0n) is 11.7. The van der Waals surface area contributed by atoms with Crippen LogP contribution in [-0.2, 0) is 9.53 Å². The Hall–Kier alpha value is -1.05. The first-order valence-corrected chi connectivity index (χ1v) is 6.31. The van der Waals surface area contributed by atoms with E-state index in [0.29, 0.717) is 5.92 Å². The van der Waals surface area contributed by atoms with E-state index >= 15 is 0 Å². The van der Waals surface area contributed by atoms with Crippen LogP contribution in [0.2, 0.25) is 0 Å². The molecule has 0 aliphatic heterocycles. The maximum absolute atomic E-state index is 11.2. The second-order valence-electron chi connectivity index (χ2n) is 5.37. The van der Waals surface area contributed by atoms with Gasteiger partial charge in [0.05, 0.1) is 0 Å². The van der Waals surface area contributed by atoms with E-state index in [4.69, 9.17) is 4.74 Å². The molecule has 0 fully saturated rings. The van der Waals surface area contributed by atoms with Gasteiger partial charge < -0.3 is 4.74 Å². The Kier molecular flexibility index (Phi) is 4.18. The van der Waals surface area contributed by atoms with Gasteiger partial charge in [0, 0.05) is 12.3 Å². The summed E-state index contributed by atoms with van der Waals surface area (Å²) < 4.78 is 5.43. The first-order chi connectivity index (χ1) is 7.80. The Balaban J connectivity index is 3.06. The van der Waals surface area contributed by atoms with Crippen LogP contribution in [0.5, 0.6) is 0 Å². The first-order valence-electron chi connectivity index (χ1n) is 6.31. The molecule has 2 nitrogen and oxygen atoms in total. The average Bonchev–Trinajstić information content (AvgIpc) is 2.15. The van der Waals surface area contributed by atoms with Crippen LogP contribution in [0.1, 0.15) is 47.5 Å². The first kappa shape index (κ1) is 14.0. The molecule has 0 radical (unpaired) electrons. The molecule has 0 spiro atoms. The van der Waals surface area contributed by atoms with Gasteiger partial charge in [-0.25, -0.2) is 0 Å². The number of esters is 1. The fourth-order valence-corrected chi connectivity index (χ4v) is 3.17. The van der Waals surface area contributed by atoms with Gasteiger partial charge >= 0.3 is 5.97 Å². The van der Waals surface area contributed by atoms with Gasteiger partial charge in [0.15, 0.2) is 0 Å². The lowest BCUT2D eigenvalue weighted by Gasteiger charge is -2.45. The van der Waals surface area contributed by atoms with Crippen molar-refractivity contribution < 1.29 is 9.53 Å². The van der Waals surface area contributed by atoms with Crippen LogP contribution in [0, 0.1) is 11.3 Å². The van der Waals surface area contributed by atoms with Crippen LogP contribution >= 0.6 is 0 Å². The molecule has 96 valence electrons. The van der Waals surface area contributed by atoms with Crippen molar-refractivity contribution in [1.29, 1.82) is 0 Å². The molecular weight excluding hydrogens is 212 g/mol. The topological polar surface area (TPSA) is 26.3 Å². The van der Waals surface area contributed by atoms with Crippen LogP contribution in [0.4, 0.5) is 0 Å². The van der Waals surface area contributed by atoms with Crippen molar-refractivity contribution in [2.75, 3.05) is 0 Å².